The van der Waals surface area contributed by atoms with Crippen molar-refractivity contribution in [1.82, 2.24) is 0 Å². The van der Waals surface area contributed by atoms with Gasteiger partial charge in [0.1, 0.15) is 5.76 Å². The minimum atomic E-state index is -3.73. The first-order valence-electron chi connectivity index (χ1n) is 8.51. The van der Waals surface area contributed by atoms with Gasteiger partial charge < -0.3 is 9.73 Å². The minimum absolute atomic E-state index is 0.111. The Labute approximate surface area is 168 Å². The third-order valence-corrected chi connectivity index (χ3v) is 6.69. The van der Waals surface area contributed by atoms with Gasteiger partial charge >= 0.3 is 0 Å². The lowest BCUT2D eigenvalue weighted by Crippen LogP contribution is -2.26. The third kappa shape index (κ3) is 4.96. The highest BCUT2D eigenvalue weighted by Gasteiger charge is 2.21. The average Bonchev–Trinajstić information content (AvgIpc) is 3.22. The van der Waals surface area contributed by atoms with Gasteiger partial charge in [-0.2, -0.15) is 0 Å². The van der Waals surface area contributed by atoms with Gasteiger partial charge in [-0.25, -0.2) is 8.42 Å². The first kappa shape index (κ1) is 20.0. The van der Waals surface area contributed by atoms with Gasteiger partial charge in [0.05, 0.1) is 28.4 Å². The zero-order chi connectivity index (χ0) is 20.0. The molecule has 0 aliphatic heterocycles. The molecule has 0 saturated heterocycles. The van der Waals surface area contributed by atoms with Crippen LogP contribution in [0.4, 0.5) is 11.4 Å². The van der Waals surface area contributed by atoms with Gasteiger partial charge in [0, 0.05) is 12.7 Å². The van der Waals surface area contributed by atoms with E-state index in [-0.39, 0.29) is 16.6 Å². The molecule has 146 valence electrons. The second kappa shape index (κ2) is 8.99. The third-order valence-electron chi connectivity index (χ3n) is 3.95. The highest BCUT2D eigenvalue weighted by atomic mass is 32.2. The molecule has 0 saturated carbocycles. The van der Waals surface area contributed by atoms with Crippen molar-refractivity contribution in [3.05, 3.63) is 78.8 Å². The number of amides is 1. The standard InChI is InChI=1S/C20H20N2O4S2/c1-22(17-8-3-2-4-9-17)28(24,25)19-11-5-7-16(13-19)21-20(23)15-27-14-18-10-6-12-26-18/h2-13H,14-15H2,1H3,(H,21,23). The van der Waals surface area contributed by atoms with Crippen LogP contribution in [-0.2, 0) is 20.6 Å². The van der Waals surface area contributed by atoms with E-state index in [4.69, 9.17) is 4.42 Å². The number of carbonyl (C=O) groups excluding carboxylic acids is 1. The fraction of sp³-hybridized carbons (Fsp3) is 0.150. The number of rotatable bonds is 8. The number of sulfonamides is 1. The maximum atomic E-state index is 12.9. The van der Waals surface area contributed by atoms with Crippen molar-refractivity contribution in [3.63, 3.8) is 0 Å². The molecule has 0 unspecified atom stereocenters. The van der Waals surface area contributed by atoms with Crippen molar-refractivity contribution in [2.24, 2.45) is 0 Å². The Hall–Kier alpha value is -2.71. The molecular formula is C20H20N2O4S2. The zero-order valence-corrected chi connectivity index (χ0v) is 16.9. The molecule has 1 aromatic heterocycles. The lowest BCUT2D eigenvalue weighted by atomic mass is 10.3. The number of hydrogen-bond acceptors (Lipinski definition) is 5. The number of hydrogen-bond donors (Lipinski definition) is 1. The summed E-state index contributed by atoms with van der Waals surface area (Å²) in [4.78, 5) is 12.2. The number of carbonyl (C=O) groups is 1. The molecule has 0 aliphatic rings. The van der Waals surface area contributed by atoms with E-state index in [2.05, 4.69) is 5.32 Å². The number of benzene rings is 2. The van der Waals surface area contributed by atoms with Crippen molar-refractivity contribution in [2.45, 2.75) is 10.6 Å². The fourth-order valence-electron chi connectivity index (χ4n) is 2.51. The molecule has 0 radical (unpaired) electrons. The molecule has 2 aromatic carbocycles. The molecule has 0 bridgehead atoms. The maximum Gasteiger partial charge on any atom is 0.264 e. The Morgan fingerprint density at radius 3 is 2.57 bits per heavy atom. The number of thioether (sulfide) groups is 1. The maximum absolute atomic E-state index is 12.9. The molecule has 3 rings (SSSR count). The Balaban J connectivity index is 1.65. The summed E-state index contributed by atoms with van der Waals surface area (Å²) in [5.41, 5.74) is 0.998. The van der Waals surface area contributed by atoms with Crippen molar-refractivity contribution >= 4 is 39.1 Å². The van der Waals surface area contributed by atoms with Crippen LogP contribution in [0.5, 0.6) is 0 Å². The van der Waals surface area contributed by atoms with Crippen molar-refractivity contribution in [1.29, 1.82) is 0 Å². The first-order chi connectivity index (χ1) is 13.5. The van der Waals surface area contributed by atoms with Crippen LogP contribution in [0.25, 0.3) is 0 Å². The number of para-hydroxylation sites is 1. The Morgan fingerprint density at radius 2 is 1.86 bits per heavy atom. The van der Waals surface area contributed by atoms with E-state index in [0.717, 1.165) is 5.76 Å². The monoisotopic (exact) mass is 416 g/mol. The van der Waals surface area contributed by atoms with E-state index in [9.17, 15) is 13.2 Å². The average molecular weight is 417 g/mol. The molecule has 0 aliphatic carbocycles. The molecule has 1 heterocycles. The summed E-state index contributed by atoms with van der Waals surface area (Å²) in [6.07, 6.45) is 1.59. The van der Waals surface area contributed by atoms with Crippen LogP contribution < -0.4 is 9.62 Å². The quantitative estimate of drug-likeness (QED) is 0.601. The van der Waals surface area contributed by atoms with Crippen molar-refractivity contribution in [2.75, 3.05) is 22.4 Å². The molecule has 8 heteroatoms. The van der Waals surface area contributed by atoms with Gasteiger partial charge in [0.15, 0.2) is 0 Å². The highest BCUT2D eigenvalue weighted by molar-refractivity contribution is 7.99. The summed E-state index contributed by atoms with van der Waals surface area (Å²) >= 11 is 1.42. The minimum Gasteiger partial charge on any atom is -0.468 e. The van der Waals surface area contributed by atoms with Gasteiger partial charge in [0.2, 0.25) is 5.91 Å². The summed E-state index contributed by atoms with van der Waals surface area (Å²) in [5, 5.41) is 2.74. The molecular weight excluding hydrogens is 396 g/mol. The lowest BCUT2D eigenvalue weighted by Gasteiger charge is -2.19. The van der Waals surface area contributed by atoms with Gasteiger partial charge in [-0.3, -0.25) is 9.10 Å². The largest absolute Gasteiger partial charge is 0.468 e. The van der Waals surface area contributed by atoms with Crippen molar-refractivity contribution < 1.29 is 17.6 Å². The molecule has 0 spiro atoms. The van der Waals surface area contributed by atoms with Crippen LogP contribution in [0, 0.1) is 0 Å². The van der Waals surface area contributed by atoms with Gasteiger partial charge in [-0.1, -0.05) is 24.3 Å². The predicted molar refractivity (Wildman–Crippen MR) is 112 cm³/mol. The molecule has 1 N–H and O–H groups in total. The van der Waals surface area contributed by atoms with E-state index < -0.39 is 10.0 Å². The van der Waals surface area contributed by atoms with Crippen LogP contribution in [0.2, 0.25) is 0 Å². The van der Waals surface area contributed by atoms with E-state index in [1.54, 1.807) is 48.7 Å². The molecule has 0 atom stereocenters. The lowest BCUT2D eigenvalue weighted by molar-refractivity contribution is -0.113. The number of nitrogens with zero attached hydrogens (tertiary/aromatic N) is 1. The smallest absolute Gasteiger partial charge is 0.264 e. The number of nitrogens with one attached hydrogen (secondary N) is 1. The van der Waals surface area contributed by atoms with Crippen LogP contribution in [0.1, 0.15) is 5.76 Å². The summed E-state index contributed by atoms with van der Waals surface area (Å²) in [6, 6.07) is 18.7. The first-order valence-corrected chi connectivity index (χ1v) is 11.1. The van der Waals surface area contributed by atoms with Gasteiger partial charge in [-0.05, 0) is 42.5 Å². The Kier molecular flexibility index (Phi) is 6.43. The summed E-state index contributed by atoms with van der Waals surface area (Å²) < 4.78 is 32.2. The zero-order valence-electron chi connectivity index (χ0n) is 15.2. The topological polar surface area (TPSA) is 79.6 Å². The predicted octanol–water partition coefficient (Wildman–Crippen LogP) is 3.98. The van der Waals surface area contributed by atoms with Crippen LogP contribution >= 0.6 is 11.8 Å². The van der Waals surface area contributed by atoms with Gasteiger partial charge in [0.25, 0.3) is 10.0 Å². The van der Waals surface area contributed by atoms with Crippen molar-refractivity contribution in [3.8, 4) is 0 Å². The normalized spacial score (nSPS) is 11.2. The second-order valence-corrected chi connectivity index (χ2v) is 8.91. The molecule has 3 aromatic rings. The molecule has 6 nitrogen and oxygen atoms in total. The van der Waals surface area contributed by atoms with Crippen LogP contribution in [-0.4, -0.2) is 27.1 Å². The fourth-order valence-corrected chi connectivity index (χ4v) is 4.47. The molecule has 0 fully saturated rings. The second-order valence-electron chi connectivity index (χ2n) is 5.96. The summed E-state index contributed by atoms with van der Waals surface area (Å²) in [6.45, 7) is 0. The summed E-state index contributed by atoms with van der Waals surface area (Å²) in [7, 11) is -2.23. The van der Waals surface area contributed by atoms with Crippen LogP contribution in [0.15, 0.2) is 82.3 Å². The summed E-state index contributed by atoms with van der Waals surface area (Å²) in [5.74, 6) is 1.43. The van der Waals surface area contributed by atoms with Gasteiger partial charge in [-0.15, -0.1) is 11.8 Å². The highest BCUT2D eigenvalue weighted by Crippen LogP contribution is 2.24. The number of anilines is 2. The van der Waals surface area contributed by atoms with E-state index in [1.165, 1.54) is 35.2 Å². The van der Waals surface area contributed by atoms with E-state index >= 15 is 0 Å². The van der Waals surface area contributed by atoms with E-state index in [0.29, 0.717) is 17.1 Å². The Bertz CT molecular complexity index is 1020. The molecule has 28 heavy (non-hydrogen) atoms. The SMILES string of the molecule is CN(c1ccccc1)S(=O)(=O)c1cccc(NC(=O)CSCc2ccco2)c1. The van der Waals surface area contributed by atoms with Crippen LogP contribution in [0.3, 0.4) is 0 Å². The Morgan fingerprint density at radius 1 is 1.07 bits per heavy atom. The molecule has 1 amide bonds. The number of furan rings is 1. The van der Waals surface area contributed by atoms with E-state index in [1.807, 2.05) is 12.1 Å².